The Labute approximate surface area is 169 Å². The van der Waals surface area contributed by atoms with E-state index >= 15 is 0 Å². The standard InChI is InChI=1S/C21H30O5.C2H6/c1-7-25-18(23)14-8-10-19(4,11-9-14)21-16(26-21)12-15(13(2)3)17(22)20(21,5)24-6;1-2/h8,12-13,16H,7,9-11H2,1-6H3;1-2H3/t16-,19+,20+,21+;/m0./s1. The van der Waals surface area contributed by atoms with Crippen molar-refractivity contribution in [3.8, 4) is 0 Å². The summed E-state index contributed by atoms with van der Waals surface area (Å²) in [6.45, 7) is 14.2. The Morgan fingerprint density at radius 1 is 1.32 bits per heavy atom. The number of hydrogen-bond acceptors (Lipinski definition) is 5. The van der Waals surface area contributed by atoms with E-state index in [4.69, 9.17) is 14.2 Å². The number of carbonyl (C=O) groups is 2. The normalized spacial score (nSPS) is 36.6. The lowest BCUT2D eigenvalue weighted by Crippen LogP contribution is -2.62. The summed E-state index contributed by atoms with van der Waals surface area (Å²) < 4.78 is 17.2. The van der Waals surface area contributed by atoms with Gasteiger partial charge in [0.15, 0.2) is 11.4 Å². The highest BCUT2D eigenvalue weighted by atomic mass is 16.6. The topological polar surface area (TPSA) is 65.1 Å². The van der Waals surface area contributed by atoms with Crippen LogP contribution in [0.15, 0.2) is 23.3 Å². The van der Waals surface area contributed by atoms with Gasteiger partial charge >= 0.3 is 5.97 Å². The zero-order chi connectivity index (χ0) is 21.3. The van der Waals surface area contributed by atoms with Crippen LogP contribution < -0.4 is 0 Å². The van der Waals surface area contributed by atoms with Gasteiger partial charge < -0.3 is 14.2 Å². The fourth-order valence-corrected chi connectivity index (χ4v) is 4.85. The molecule has 0 aromatic heterocycles. The molecule has 0 aromatic rings. The van der Waals surface area contributed by atoms with Crippen molar-refractivity contribution in [1.29, 1.82) is 0 Å². The molecule has 3 rings (SSSR count). The predicted octanol–water partition coefficient (Wildman–Crippen LogP) is 4.40. The molecule has 0 amide bonds. The molecule has 28 heavy (non-hydrogen) atoms. The number of ether oxygens (including phenoxy) is 3. The summed E-state index contributed by atoms with van der Waals surface area (Å²) in [5, 5.41) is 0. The van der Waals surface area contributed by atoms with Gasteiger partial charge in [-0.1, -0.05) is 40.7 Å². The van der Waals surface area contributed by atoms with Crippen LogP contribution in [0, 0.1) is 11.3 Å². The number of fused-ring (bicyclic) bond motifs is 1. The van der Waals surface area contributed by atoms with Crippen molar-refractivity contribution in [2.24, 2.45) is 11.3 Å². The van der Waals surface area contributed by atoms with Crippen LogP contribution in [0.2, 0.25) is 0 Å². The molecule has 3 aliphatic rings. The number of hydrogen-bond donors (Lipinski definition) is 0. The number of Topliss-reactive ketones (excluding diaryl/α,β-unsaturated/α-hetero) is 1. The molecule has 1 aliphatic heterocycles. The summed E-state index contributed by atoms with van der Waals surface area (Å²) in [6.07, 6.45) is 5.87. The molecule has 0 spiro atoms. The molecule has 1 fully saturated rings. The van der Waals surface area contributed by atoms with Crippen molar-refractivity contribution in [2.45, 2.75) is 85.0 Å². The summed E-state index contributed by atoms with van der Waals surface area (Å²) in [7, 11) is 1.59. The van der Waals surface area contributed by atoms with Gasteiger partial charge in [0, 0.05) is 18.1 Å². The number of epoxide rings is 1. The Balaban J connectivity index is 0.00000136. The maximum atomic E-state index is 13.2. The predicted molar refractivity (Wildman–Crippen MR) is 109 cm³/mol. The first-order valence-electron chi connectivity index (χ1n) is 10.5. The number of carbonyl (C=O) groups excluding carboxylic acids is 2. The molecule has 0 bridgehead atoms. The summed E-state index contributed by atoms with van der Waals surface area (Å²) in [5.41, 5.74) is -0.475. The Kier molecular flexibility index (Phi) is 6.61. The molecule has 0 saturated carbocycles. The molecule has 0 radical (unpaired) electrons. The quantitative estimate of drug-likeness (QED) is 0.512. The summed E-state index contributed by atoms with van der Waals surface area (Å²) in [6, 6.07) is 0. The third-order valence-electron chi connectivity index (χ3n) is 6.60. The summed E-state index contributed by atoms with van der Waals surface area (Å²) >= 11 is 0. The van der Waals surface area contributed by atoms with E-state index in [0.29, 0.717) is 19.4 Å². The van der Waals surface area contributed by atoms with Gasteiger partial charge in [-0.25, -0.2) is 4.79 Å². The van der Waals surface area contributed by atoms with Crippen molar-refractivity contribution in [2.75, 3.05) is 13.7 Å². The Morgan fingerprint density at radius 3 is 2.43 bits per heavy atom. The second-order valence-electron chi connectivity index (χ2n) is 8.33. The zero-order valence-electron chi connectivity index (χ0n) is 18.7. The molecule has 1 heterocycles. The number of methoxy groups -OCH3 is 1. The van der Waals surface area contributed by atoms with Gasteiger partial charge in [-0.3, -0.25) is 4.79 Å². The van der Waals surface area contributed by atoms with Crippen LogP contribution in [0.1, 0.15) is 67.7 Å². The van der Waals surface area contributed by atoms with E-state index in [9.17, 15) is 9.59 Å². The molecular formula is C23H36O5. The van der Waals surface area contributed by atoms with Crippen LogP contribution in [-0.4, -0.2) is 42.8 Å². The molecule has 158 valence electrons. The van der Waals surface area contributed by atoms with Crippen LogP contribution in [0.25, 0.3) is 0 Å². The van der Waals surface area contributed by atoms with Crippen molar-refractivity contribution < 1.29 is 23.8 Å². The first-order chi connectivity index (χ1) is 13.2. The van der Waals surface area contributed by atoms with Gasteiger partial charge in [0.05, 0.1) is 6.61 Å². The third kappa shape index (κ3) is 3.17. The highest BCUT2D eigenvalue weighted by Crippen LogP contribution is 2.65. The third-order valence-corrected chi connectivity index (χ3v) is 6.60. The largest absolute Gasteiger partial charge is 0.463 e. The lowest BCUT2D eigenvalue weighted by molar-refractivity contribution is -0.155. The highest BCUT2D eigenvalue weighted by Gasteiger charge is 2.78. The zero-order valence-corrected chi connectivity index (χ0v) is 18.7. The Hall–Kier alpha value is -1.46. The molecular weight excluding hydrogens is 356 g/mol. The van der Waals surface area contributed by atoms with E-state index in [1.807, 2.05) is 53.7 Å². The minimum Gasteiger partial charge on any atom is -0.463 e. The first kappa shape index (κ1) is 22.8. The molecule has 4 atom stereocenters. The monoisotopic (exact) mass is 392 g/mol. The van der Waals surface area contributed by atoms with Crippen molar-refractivity contribution in [3.05, 3.63) is 23.3 Å². The SMILES string of the molecule is CC.CCOC(=O)C1=CC[C@@](C)([C@]23O[C@H]2C=C(C(C)C)C(=O)[C@@]3(C)OC)CC1. The highest BCUT2D eigenvalue weighted by molar-refractivity contribution is 6.05. The van der Waals surface area contributed by atoms with Crippen LogP contribution in [-0.2, 0) is 23.8 Å². The van der Waals surface area contributed by atoms with E-state index in [1.165, 1.54) is 0 Å². The average molecular weight is 393 g/mol. The molecule has 5 nitrogen and oxygen atoms in total. The average Bonchev–Trinajstić information content (AvgIpc) is 3.44. The van der Waals surface area contributed by atoms with E-state index < -0.39 is 11.2 Å². The van der Waals surface area contributed by atoms with Crippen LogP contribution >= 0.6 is 0 Å². The van der Waals surface area contributed by atoms with Crippen LogP contribution in [0.5, 0.6) is 0 Å². The first-order valence-corrected chi connectivity index (χ1v) is 10.5. The fourth-order valence-electron chi connectivity index (χ4n) is 4.85. The van der Waals surface area contributed by atoms with Crippen molar-refractivity contribution in [1.82, 2.24) is 0 Å². The maximum absolute atomic E-state index is 13.2. The molecule has 0 unspecified atom stereocenters. The fraction of sp³-hybridized carbons (Fsp3) is 0.739. The molecule has 1 saturated heterocycles. The van der Waals surface area contributed by atoms with Gasteiger partial charge in [-0.15, -0.1) is 0 Å². The number of allylic oxidation sites excluding steroid dienone is 1. The Morgan fingerprint density at radius 2 is 1.96 bits per heavy atom. The Bertz CT molecular complexity index is 691. The second kappa shape index (κ2) is 8.11. The van der Waals surface area contributed by atoms with Crippen LogP contribution in [0.3, 0.4) is 0 Å². The van der Waals surface area contributed by atoms with Crippen molar-refractivity contribution in [3.63, 3.8) is 0 Å². The smallest absolute Gasteiger partial charge is 0.333 e. The van der Waals surface area contributed by atoms with Gasteiger partial charge in [0.25, 0.3) is 0 Å². The van der Waals surface area contributed by atoms with Gasteiger partial charge in [0.1, 0.15) is 11.7 Å². The lowest BCUT2D eigenvalue weighted by Gasteiger charge is -2.48. The van der Waals surface area contributed by atoms with Crippen LogP contribution in [0.4, 0.5) is 0 Å². The van der Waals surface area contributed by atoms with E-state index in [0.717, 1.165) is 17.6 Å². The van der Waals surface area contributed by atoms with E-state index in [1.54, 1.807) is 7.11 Å². The molecule has 2 aliphatic carbocycles. The second-order valence-corrected chi connectivity index (χ2v) is 8.33. The minimum absolute atomic E-state index is 0.0187. The van der Waals surface area contributed by atoms with E-state index in [-0.39, 0.29) is 29.2 Å². The van der Waals surface area contributed by atoms with Gasteiger partial charge in [-0.05, 0) is 50.7 Å². The van der Waals surface area contributed by atoms with Gasteiger partial charge in [0.2, 0.25) is 0 Å². The van der Waals surface area contributed by atoms with Gasteiger partial charge in [-0.2, -0.15) is 0 Å². The minimum atomic E-state index is -1.02. The number of esters is 1. The number of rotatable bonds is 5. The molecule has 0 N–H and O–H groups in total. The summed E-state index contributed by atoms with van der Waals surface area (Å²) in [4.78, 5) is 25.3. The number of ketones is 1. The molecule has 5 heteroatoms. The molecule has 0 aromatic carbocycles. The lowest BCUT2D eigenvalue weighted by atomic mass is 9.57. The summed E-state index contributed by atoms with van der Waals surface area (Å²) in [5.74, 6) is -0.0877. The van der Waals surface area contributed by atoms with E-state index in [2.05, 4.69) is 6.92 Å². The maximum Gasteiger partial charge on any atom is 0.333 e. The van der Waals surface area contributed by atoms with Crippen molar-refractivity contribution >= 4 is 11.8 Å².